The molecule has 1 amide bonds. The molecule has 2 aromatic rings. The number of imidazole rings is 1. The lowest BCUT2D eigenvalue weighted by Gasteiger charge is -2.35. The standard InChI is InChI=1S/C25H31FN6O5/c1-3-10-27-23(35)25(2)14-36-22(37-15-25)20-30-19(16-5-7-17(26)8-6-16)21(31-20)32-13-4-11-28-24(32)29-12-9-18(33)34/h4-8,11,22H,3,9-10,12-15H2,1-2H3,(H,27,35)(H,28,29)(H,30,31)(H,33,34). The van der Waals surface area contributed by atoms with E-state index in [-0.39, 0.29) is 37.9 Å². The van der Waals surface area contributed by atoms with Gasteiger partial charge in [-0.3, -0.25) is 19.5 Å². The predicted molar refractivity (Wildman–Crippen MR) is 134 cm³/mol. The summed E-state index contributed by atoms with van der Waals surface area (Å²) >= 11 is 0. The number of ether oxygens (including phenoxy) is 2. The molecule has 198 valence electrons. The lowest BCUT2D eigenvalue weighted by molar-refractivity contribution is -0.231. The largest absolute Gasteiger partial charge is 0.481 e. The minimum atomic E-state index is -0.946. The number of nitrogens with one attached hydrogen (secondary N) is 3. The molecule has 1 aromatic carbocycles. The molecule has 3 heterocycles. The number of carbonyl (C=O) groups excluding carboxylic acids is 1. The number of carbonyl (C=O) groups is 2. The van der Waals surface area contributed by atoms with Crippen molar-refractivity contribution in [1.82, 2.24) is 20.6 Å². The summed E-state index contributed by atoms with van der Waals surface area (Å²) in [6.45, 7) is 5.14. The minimum absolute atomic E-state index is 0.0820. The van der Waals surface area contributed by atoms with Crippen molar-refractivity contribution in [3.63, 3.8) is 0 Å². The molecular formula is C25H31FN6O5. The first kappa shape index (κ1) is 26.3. The van der Waals surface area contributed by atoms with Crippen molar-refractivity contribution in [3.8, 4) is 11.3 Å². The Balaban J connectivity index is 1.62. The third-order valence-corrected chi connectivity index (χ3v) is 5.97. The second kappa shape index (κ2) is 11.5. The van der Waals surface area contributed by atoms with Gasteiger partial charge in [-0.15, -0.1) is 0 Å². The number of carboxylic acids is 1. The van der Waals surface area contributed by atoms with E-state index in [4.69, 9.17) is 19.6 Å². The number of aliphatic imine (C=N–C) groups is 1. The lowest BCUT2D eigenvalue weighted by Crippen LogP contribution is -2.48. The van der Waals surface area contributed by atoms with E-state index in [9.17, 15) is 14.0 Å². The zero-order valence-corrected chi connectivity index (χ0v) is 20.8. The molecule has 2 aliphatic rings. The van der Waals surface area contributed by atoms with Gasteiger partial charge in [-0.1, -0.05) is 6.92 Å². The molecule has 11 nitrogen and oxygen atoms in total. The average molecular weight is 515 g/mol. The normalized spacial score (nSPS) is 22.6. The summed E-state index contributed by atoms with van der Waals surface area (Å²) in [5.41, 5.74) is 0.431. The van der Waals surface area contributed by atoms with Crippen LogP contribution >= 0.6 is 0 Å². The number of hydrogen-bond donors (Lipinski definition) is 4. The van der Waals surface area contributed by atoms with Crippen LogP contribution in [0.5, 0.6) is 0 Å². The molecule has 0 spiro atoms. The summed E-state index contributed by atoms with van der Waals surface area (Å²) in [6.07, 6.45) is 3.45. The van der Waals surface area contributed by atoms with Gasteiger partial charge in [0.05, 0.1) is 37.3 Å². The van der Waals surface area contributed by atoms with Crippen molar-refractivity contribution >= 4 is 23.7 Å². The molecule has 0 radical (unpaired) electrons. The van der Waals surface area contributed by atoms with Crippen LogP contribution in [0.3, 0.4) is 0 Å². The molecule has 0 unspecified atom stereocenters. The van der Waals surface area contributed by atoms with Crippen LogP contribution in [0.25, 0.3) is 11.3 Å². The number of benzene rings is 1. The van der Waals surface area contributed by atoms with Crippen LogP contribution in [-0.4, -0.2) is 65.8 Å². The van der Waals surface area contributed by atoms with Crippen molar-refractivity contribution < 1.29 is 28.6 Å². The van der Waals surface area contributed by atoms with E-state index in [1.807, 2.05) is 13.0 Å². The van der Waals surface area contributed by atoms with Crippen molar-refractivity contribution in [2.45, 2.75) is 33.0 Å². The van der Waals surface area contributed by atoms with E-state index in [0.29, 0.717) is 41.9 Å². The number of guanidine groups is 1. The number of amides is 1. The first-order chi connectivity index (χ1) is 17.8. The van der Waals surface area contributed by atoms with Crippen LogP contribution in [0, 0.1) is 11.2 Å². The van der Waals surface area contributed by atoms with Crippen LogP contribution in [-0.2, 0) is 19.1 Å². The number of carboxylic acid groups (broad SMARTS) is 1. The maximum absolute atomic E-state index is 13.6. The summed E-state index contributed by atoms with van der Waals surface area (Å²) in [4.78, 5) is 37.7. The van der Waals surface area contributed by atoms with Gasteiger partial charge in [0.15, 0.2) is 11.6 Å². The van der Waals surface area contributed by atoms with Gasteiger partial charge < -0.3 is 30.2 Å². The molecular weight excluding hydrogens is 483 g/mol. The number of aromatic nitrogens is 2. The topological polar surface area (TPSA) is 141 Å². The summed E-state index contributed by atoms with van der Waals surface area (Å²) in [5.74, 6) is -0.163. The fourth-order valence-electron chi connectivity index (χ4n) is 3.89. The number of anilines is 1. The molecule has 1 fully saturated rings. The molecule has 1 saturated heterocycles. The lowest BCUT2D eigenvalue weighted by atomic mass is 9.91. The van der Waals surface area contributed by atoms with E-state index in [2.05, 4.69) is 20.6 Å². The number of nitrogens with zero attached hydrogens (tertiary/aromatic N) is 3. The van der Waals surface area contributed by atoms with Gasteiger partial charge in [-0.2, -0.15) is 0 Å². The Morgan fingerprint density at radius 3 is 2.70 bits per heavy atom. The van der Waals surface area contributed by atoms with Gasteiger partial charge in [0.25, 0.3) is 0 Å². The van der Waals surface area contributed by atoms with Gasteiger partial charge in [0.1, 0.15) is 5.82 Å². The highest BCUT2D eigenvalue weighted by Gasteiger charge is 2.41. The third kappa shape index (κ3) is 6.15. The Morgan fingerprint density at radius 2 is 2.03 bits per heavy atom. The Morgan fingerprint density at radius 1 is 1.30 bits per heavy atom. The minimum Gasteiger partial charge on any atom is -0.481 e. The smallest absolute Gasteiger partial charge is 0.305 e. The van der Waals surface area contributed by atoms with Gasteiger partial charge in [0.2, 0.25) is 18.2 Å². The van der Waals surface area contributed by atoms with E-state index in [1.165, 1.54) is 12.1 Å². The van der Waals surface area contributed by atoms with Crippen LogP contribution in [0.4, 0.5) is 10.2 Å². The van der Waals surface area contributed by atoms with E-state index >= 15 is 0 Å². The van der Waals surface area contributed by atoms with Gasteiger partial charge in [0, 0.05) is 24.9 Å². The number of aliphatic carboxylic acids is 1. The zero-order chi connectivity index (χ0) is 26.4. The van der Waals surface area contributed by atoms with Gasteiger partial charge in [-0.25, -0.2) is 9.37 Å². The van der Waals surface area contributed by atoms with Crippen LogP contribution in [0.15, 0.2) is 41.5 Å². The molecule has 0 bridgehead atoms. The quantitative estimate of drug-likeness (QED) is 0.400. The van der Waals surface area contributed by atoms with Crippen molar-refractivity contribution in [2.75, 3.05) is 37.7 Å². The number of hydrogen-bond acceptors (Lipinski definition) is 6. The summed E-state index contributed by atoms with van der Waals surface area (Å²) < 4.78 is 25.5. The first-order valence-electron chi connectivity index (χ1n) is 12.1. The Bertz CT molecular complexity index is 1170. The van der Waals surface area contributed by atoms with Gasteiger partial charge in [-0.05, 0) is 43.7 Å². The molecule has 0 aliphatic carbocycles. The highest BCUT2D eigenvalue weighted by Crippen LogP contribution is 2.36. The first-order valence-corrected chi connectivity index (χ1v) is 12.1. The molecule has 12 heteroatoms. The van der Waals surface area contributed by atoms with E-state index < -0.39 is 17.7 Å². The number of rotatable bonds is 9. The molecule has 1 aromatic heterocycles. The second-order valence-corrected chi connectivity index (χ2v) is 9.10. The molecule has 37 heavy (non-hydrogen) atoms. The monoisotopic (exact) mass is 514 g/mol. The summed E-state index contributed by atoms with van der Waals surface area (Å²) in [5, 5.41) is 14.9. The van der Waals surface area contributed by atoms with Crippen molar-refractivity contribution in [1.29, 1.82) is 0 Å². The molecule has 4 rings (SSSR count). The third-order valence-electron chi connectivity index (χ3n) is 5.97. The van der Waals surface area contributed by atoms with E-state index in [1.54, 1.807) is 30.2 Å². The molecule has 0 saturated carbocycles. The maximum Gasteiger partial charge on any atom is 0.305 e. The average Bonchev–Trinajstić information content (AvgIpc) is 3.33. The fraction of sp³-hybridized carbons (Fsp3) is 0.440. The summed E-state index contributed by atoms with van der Waals surface area (Å²) in [7, 11) is 0. The summed E-state index contributed by atoms with van der Waals surface area (Å²) in [6, 6.07) is 5.96. The van der Waals surface area contributed by atoms with Crippen LogP contribution in [0.1, 0.15) is 38.8 Å². The number of H-pyrrole nitrogens is 1. The Hall–Kier alpha value is -3.77. The van der Waals surface area contributed by atoms with E-state index in [0.717, 1.165) is 6.42 Å². The Kier molecular flexibility index (Phi) is 8.19. The molecule has 4 N–H and O–H groups in total. The second-order valence-electron chi connectivity index (χ2n) is 9.10. The highest BCUT2D eigenvalue weighted by atomic mass is 19.1. The van der Waals surface area contributed by atoms with Crippen LogP contribution < -0.4 is 15.5 Å². The van der Waals surface area contributed by atoms with Gasteiger partial charge >= 0.3 is 5.97 Å². The maximum atomic E-state index is 13.6. The highest BCUT2D eigenvalue weighted by molar-refractivity contribution is 5.99. The Labute approximate surface area is 213 Å². The van der Waals surface area contributed by atoms with Crippen molar-refractivity contribution in [3.05, 3.63) is 48.2 Å². The molecule has 2 aliphatic heterocycles. The fourth-order valence-corrected chi connectivity index (χ4v) is 3.89. The SMILES string of the molecule is CCCNC(=O)C1(C)COC(c2nc(N3CC=CNC3=NCCC(=O)O)c(-c3ccc(F)cc3)[nH]2)OC1. The predicted octanol–water partition coefficient (Wildman–Crippen LogP) is 2.55. The van der Waals surface area contributed by atoms with Crippen LogP contribution in [0.2, 0.25) is 0 Å². The molecule has 0 atom stereocenters. The zero-order valence-electron chi connectivity index (χ0n) is 20.8. The number of halogens is 1. The van der Waals surface area contributed by atoms with Crippen molar-refractivity contribution in [2.24, 2.45) is 10.4 Å². The number of aromatic amines is 1.